The van der Waals surface area contributed by atoms with E-state index in [2.05, 4.69) is 10.2 Å². The van der Waals surface area contributed by atoms with Gasteiger partial charge < -0.3 is 10.6 Å². The molecule has 0 radical (unpaired) electrons. The summed E-state index contributed by atoms with van der Waals surface area (Å²) in [5.41, 5.74) is 5.59. The first kappa shape index (κ1) is 8.74. The Kier molecular flexibility index (Phi) is 1.95. The van der Waals surface area contributed by atoms with Gasteiger partial charge in [-0.05, 0) is 0 Å². The van der Waals surface area contributed by atoms with Gasteiger partial charge in [0.2, 0.25) is 5.91 Å². The second kappa shape index (κ2) is 3.13. The molecule has 3 N–H and O–H groups in total. The molecular formula is C8H10N4O2. The minimum absolute atomic E-state index is 0.115. The molecule has 0 aromatic carbocycles. The highest BCUT2D eigenvalue weighted by atomic mass is 16.2. The molecule has 0 unspecified atom stereocenters. The van der Waals surface area contributed by atoms with Crippen molar-refractivity contribution in [2.45, 2.75) is 0 Å². The van der Waals surface area contributed by atoms with E-state index in [4.69, 9.17) is 5.73 Å². The van der Waals surface area contributed by atoms with E-state index in [1.165, 1.54) is 12.4 Å². The molecule has 0 aliphatic carbocycles. The van der Waals surface area contributed by atoms with Crippen LogP contribution >= 0.6 is 0 Å². The number of hydrogen-bond donors (Lipinski definition) is 2. The standard InChI is InChI=1S/C8H10N4O2/c9-7(13)6-3-12(4-6)8(14)5-1-10-11-2-5/h1-2,6H,3-4H2,(H2,9,13)(H,10,11). The number of carbonyl (C=O) groups excluding carboxylic acids is 2. The second-order valence-electron chi connectivity index (χ2n) is 3.30. The highest BCUT2D eigenvalue weighted by Gasteiger charge is 2.34. The van der Waals surface area contributed by atoms with E-state index >= 15 is 0 Å². The third-order valence-corrected chi connectivity index (χ3v) is 2.32. The molecule has 1 aromatic heterocycles. The Morgan fingerprint density at radius 3 is 2.79 bits per heavy atom. The van der Waals surface area contributed by atoms with Crippen LogP contribution in [0.25, 0.3) is 0 Å². The first-order chi connectivity index (χ1) is 6.68. The van der Waals surface area contributed by atoms with Gasteiger partial charge in [-0.2, -0.15) is 5.10 Å². The number of H-pyrrole nitrogens is 1. The van der Waals surface area contributed by atoms with Crippen LogP contribution in [0.3, 0.4) is 0 Å². The second-order valence-corrected chi connectivity index (χ2v) is 3.30. The Morgan fingerprint density at radius 1 is 1.57 bits per heavy atom. The number of amides is 2. The number of likely N-dealkylation sites (tertiary alicyclic amines) is 1. The smallest absolute Gasteiger partial charge is 0.257 e. The summed E-state index contributed by atoms with van der Waals surface area (Å²) in [6.45, 7) is 0.832. The number of hydrogen-bond acceptors (Lipinski definition) is 3. The van der Waals surface area contributed by atoms with Gasteiger partial charge in [-0.25, -0.2) is 0 Å². The van der Waals surface area contributed by atoms with Crippen molar-refractivity contribution in [2.75, 3.05) is 13.1 Å². The maximum Gasteiger partial charge on any atom is 0.257 e. The molecule has 14 heavy (non-hydrogen) atoms. The molecule has 1 fully saturated rings. The quantitative estimate of drug-likeness (QED) is 0.630. The maximum atomic E-state index is 11.6. The van der Waals surface area contributed by atoms with Gasteiger partial charge >= 0.3 is 0 Å². The number of rotatable bonds is 2. The largest absolute Gasteiger partial charge is 0.369 e. The van der Waals surface area contributed by atoms with Gasteiger partial charge in [-0.15, -0.1) is 0 Å². The van der Waals surface area contributed by atoms with Gasteiger partial charge in [0.05, 0.1) is 17.7 Å². The van der Waals surface area contributed by atoms with Gasteiger partial charge in [0, 0.05) is 19.3 Å². The monoisotopic (exact) mass is 194 g/mol. The molecule has 0 bridgehead atoms. The van der Waals surface area contributed by atoms with Crippen LogP contribution in [0.2, 0.25) is 0 Å². The van der Waals surface area contributed by atoms with E-state index < -0.39 is 0 Å². The number of primary amides is 1. The van der Waals surface area contributed by atoms with Crippen LogP contribution in [0.5, 0.6) is 0 Å². The summed E-state index contributed by atoms with van der Waals surface area (Å²) >= 11 is 0. The van der Waals surface area contributed by atoms with Gasteiger partial charge in [-0.1, -0.05) is 0 Å². The van der Waals surface area contributed by atoms with Gasteiger partial charge in [0.25, 0.3) is 5.91 Å². The minimum Gasteiger partial charge on any atom is -0.369 e. The van der Waals surface area contributed by atoms with Crippen molar-refractivity contribution in [3.05, 3.63) is 18.0 Å². The number of carbonyl (C=O) groups is 2. The Balaban J connectivity index is 1.95. The molecule has 1 aliphatic rings. The average Bonchev–Trinajstić information content (AvgIpc) is 2.51. The topological polar surface area (TPSA) is 92.1 Å². The summed E-state index contributed by atoms with van der Waals surface area (Å²) < 4.78 is 0. The number of nitrogens with zero attached hydrogens (tertiary/aromatic N) is 2. The van der Waals surface area contributed by atoms with Crippen LogP contribution in [0.15, 0.2) is 12.4 Å². The number of nitrogens with two attached hydrogens (primary N) is 1. The zero-order chi connectivity index (χ0) is 10.1. The fourth-order valence-corrected chi connectivity index (χ4v) is 1.37. The van der Waals surface area contributed by atoms with E-state index in [1.54, 1.807) is 4.90 Å². The van der Waals surface area contributed by atoms with E-state index in [-0.39, 0.29) is 17.7 Å². The van der Waals surface area contributed by atoms with E-state index in [1.807, 2.05) is 0 Å². The van der Waals surface area contributed by atoms with Crippen molar-refractivity contribution < 1.29 is 9.59 Å². The summed E-state index contributed by atoms with van der Waals surface area (Å²) in [7, 11) is 0. The summed E-state index contributed by atoms with van der Waals surface area (Å²) in [5.74, 6) is -0.650. The molecule has 1 aromatic rings. The molecule has 6 heteroatoms. The van der Waals surface area contributed by atoms with Crippen molar-refractivity contribution in [1.29, 1.82) is 0 Å². The van der Waals surface area contributed by atoms with Crippen LogP contribution in [0.4, 0.5) is 0 Å². The molecule has 2 rings (SSSR count). The highest BCUT2D eigenvalue weighted by Crippen LogP contribution is 2.17. The normalized spacial score (nSPS) is 16.4. The summed E-state index contributed by atoms with van der Waals surface area (Å²) in [4.78, 5) is 23.8. The fraction of sp³-hybridized carbons (Fsp3) is 0.375. The third kappa shape index (κ3) is 1.34. The Morgan fingerprint density at radius 2 is 2.29 bits per heavy atom. The predicted octanol–water partition coefficient (Wildman–Crippen LogP) is -1.03. The van der Waals surface area contributed by atoms with Crippen molar-refractivity contribution in [3.8, 4) is 0 Å². The number of aromatic amines is 1. The van der Waals surface area contributed by atoms with Crippen molar-refractivity contribution in [3.63, 3.8) is 0 Å². The first-order valence-corrected chi connectivity index (χ1v) is 4.26. The predicted molar refractivity (Wildman–Crippen MR) is 47.2 cm³/mol. The van der Waals surface area contributed by atoms with Crippen LogP contribution in [-0.2, 0) is 4.79 Å². The van der Waals surface area contributed by atoms with Gasteiger partial charge in [-0.3, -0.25) is 14.7 Å². The molecule has 0 spiro atoms. The molecule has 1 aliphatic heterocycles. The zero-order valence-electron chi connectivity index (χ0n) is 7.43. The first-order valence-electron chi connectivity index (χ1n) is 4.26. The lowest BCUT2D eigenvalue weighted by Gasteiger charge is -2.36. The summed E-state index contributed by atoms with van der Waals surface area (Å²) in [6.07, 6.45) is 2.99. The van der Waals surface area contributed by atoms with Gasteiger partial charge in [0.15, 0.2) is 0 Å². The highest BCUT2D eigenvalue weighted by molar-refractivity contribution is 5.95. The van der Waals surface area contributed by atoms with Crippen molar-refractivity contribution in [2.24, 2.45) is 11.7 Å². The van der Waals surface area contributed by atoms with Gasteiger partial charge in [0.1, 0.15) is 0 Å². The average molecular weight is 194 g/mol. The Labute approximate surface area is 80.1 Å². The van der Waals surface area contributed by atoms with E-state index in [0.717, 1.165) is 0 Å². The molecule has 74 valence electrons. The molecular weight excluding hydrogens is 184 g/mol. The lowest BCUT2D eigenvalue weighted by atomic mass is 9.99. The van der Waals surface area contributed by atoms with Crippen molar-refractivity contribution >= 4 is 11.8 Å². The van der Waals surface area contributed by atoms with E-state index in [0.29, 0.717) is 18.7 Å². The number of nitrogens with one attached hydrogen (secondary N) is 1. The lowest BCUT2D eigenvalue weighted by Crippen LogP contribution is -2.54. The molecule has 1 saturated heterocycles. The lowest BCUT2D eigenvalue weighted by molar-refractivity contribution is -0.125. The minimum atomic E-state index is -0.346. The number of aromatic nitrogens is 2. The molecule has 2 amide bonds. The summed E-state index contributed by atoms with van der Waals surface area (Å²) in [5, 5.41) is 6.23. The van der Waals surface area contributed by atoms with Crippen LogP contribution in [0, 0.1) is 5.92 Å². The Bertz CT molecular complexity index is 353. The fourth-order valence-electron chi connectivity index (χ4n) is 1.37. The van der Waals surface area contributed by atoms with Crippen LogP contribution in [0.1, 0.15) is 10.4 Å². The SMILES string of the molecule is NC(=O)C1CN(C(=O)c2cn[nH]c2)C1. The third-order valence-electron chi connectivity index (χ3n) is 2.32. The van der Waals surface area contributed by atoms with Crippen LogP contribution < -0.4 is 5.73 Å². The molecule has 6 nitrogen and oxygen atoms in total. The Hall–Kier alpha value is -1.85. The maximum absolute atomic E-state index is 11.6. The molecule has 0 saturated carbocycles. The van der Waals surface area contributed by atoms with Crippen LogP contribution in [-0.4, -0.2) is 40.0 Å². The zero-order valence-corrected chi connectivity index (χ0v) is 7.43. The van der Waals surface area contributed by atoms with Crippen molar-refractivity contribution in [1.82, 2.24) is 15.1 Å². The molecule has 0 atom stereocenters. The summed E-state index contributed by atoms with van der Waals surface area (Å²) in [6, 6.07) is 0. The van der Waals surface area contributed by atoms with E-state index in [9.17, 15) is 9.59 Å². The molecule has 2 heterocycles.